The molecule has 4 N–H and O–H groups in total. The first-order valence-corrected chi connectivity index (χ1v) is 7.71. The van der Waals surface area contributed by atoms with Gasteiger partial charge in [0.2, 0.25) is 15.9 Å². The maximum absolute atomic E-state index is 11.7. The molecule has 0 heterocycles. The lowest BCUT2D eigenvalue weighted by molar-refractivity contribution is -0.119. The van der Waals surface area contributed by atoms with Gasteiger partial charge in [-0.2, -0.15) is 0 Å². The normalized spacial score (nSPS) is 12.2. The predicted molar refractivity (Wildman–Crippen MR) is 83.7 cm³/mol. The minimum absolute atomic E-state index is 0. The topological polar surface area (TPSA) is 101 Å². The maximum Gasteiger partial charge on any atom is 0.229 e. The van der Waals surface area contributed by atoms with Gasteiger partial charge >= 0.3 is 0 Å². The number of carbonyl (C=O) groups excluding carboxylic acids is 1. The first kappa shape index (κ1) is 18.7. The number of halogens is 1. The van der Waals surface area contributed by atoms with Crippen molar-refractivity contribution < 1.29 is 13.2 Å². The number of anilines is 2. The molecule has 1 unspecified atom stereocenters. The van der Waals surface area contributed by atoms with Gasteiger partial charge in [-0.1, -0.05) is 13.0 Å². The highest BCUT2D eigenvalue weighted by Gasteiger charge is 2.12. The van der Waals surface area contributed by atoms with Crippen LogP contribution in [-0.2, 0) is 14.8 Å². The van der Waals surface area contributed by atoms with Gasteiger partial charge in [0, 0.05) is 18.2 Å². The molecule has 0 aliphatic carbocycles. The molecule has 0 aliphatic heterocycles. The molecule has 0 aromatic heterocycles. The molecule has 114 valence electrons. The van der Waals surface area contributed by atoms with Crippen molar-refractivity contribution in [3.05, 3.63) is 23.8 Å². The summed E-state index contributed by atoms with van der Waals surface area (Å²) in [4.78, 5) is 11.7. The van der Waals surface area contributed by atoms with E-state index in [-0.39, 0.29) is 30.8 Å². The highest BCUT2D eigenvalue weighted by molar-refractivity contribution is 7.92. The average molecular weight is 322 g/mol. The zero-order valence-corrected chi connectivity index (χ0v) is 13.3. The van der Waals surface area contributed by atoms with Crippen LogP contribution in [0.25, 0.3) is 0 Å². The molecule has 0 fully saturated rings. The fraction of sp³-hybridized carbons (Fsp3) is 0.417. The molecule has 0 aliphatic rings. The summed E-state index contributed by atoms with van der Waals surface area (Å²) in [6.07, 6.45) is 1.08. The number of benzene rings is 1. The van der Waals surface area contributed by atoms with Crippen molar-refractivity contribution in [2.45, 2.75) is 13.8 Å². The van der Waals surface area contributed by atoms with Gasteiger partial charge in [-0.15, -0.1) is 12.4 Å². The second-order valence-electron chi connectivity index (χ2n) is 4.53. The summed E-state index contributed by atoms with van der Waals surface area (Å²) >= 11 is 0. The van der Waals surface area contributed by atoms with Crippen molar-refractivity contribution in [1.29, 1.82) is 0 Å². The standard InChI is InChI=1S/C12H19N3O3S.ClH/c1-8-4-5-10(14-12(16)9(2)7-13)6-11(8)15-19(3,17)18;/h4-6,9,15H,7,13H2,1-3H3,(H,14,16);1H. The summed E-state index contributed by atoms with van der Waals surface area (Å²) in [6, 6.07) is 5.03. The third-order valence-corrected chi connectivity index (χ3v) is 3.19. The zero-order valence-electron chi connectivity index (χ0n) is 11.6. The van der Waals surface area contributed by atoms with E-state index in [2.05, 4.69) is 10.0 Å². The van der Waals surface area contributed by atoms with Gasteiger partial charge in [0.1, 0.15) is 0 Å². The van der Waals surface area contributed by atoms with Gasteiger partial charge in [-0.25, -0.2) is 8.42 Å². The minimum atomic E-state index is -3.35. The summed E-state index contributed by atoms with van der Waals surface area (Å²) in [7, 11) is -3.35. The van der Waals surface area contributed by atoms with E-state index in [4.69, 9.17) is 5.73 Å². The Balaban J connectivity index is 0.00000361. The van der Waals surface area contributed by atoms with Gasteiger partial charge < -0.3 is 11.1 Å². The van der Waals surface area contributed by atoms with E-state index in [1.54, 1.807) is 32.0 Å². The van der Waals surface area contributed by atoms with E-state index in [0.29, 0.717) is 11.4 Å². The van der Waals surface area contributed by atoms with Gasteiger partial charge in [0.25, 0.3) is 0 Å². The van der Waals surface area contributed by atoms with Gasteiger partial charge in [0.15, 0.2) is 0 Å². The maximum atomic E-state index is 11.7. The molecule has 0 spiro atoms. The average Bonchev–Trinajstić information content (AvgIpc) is 2.30. The van der Waals surface area contributed by atoms with Crippen LogP contribution in [0, 0.1) is 12.8 Å². The van der Waals surface area contributed by atoms with Crippen LogP contribution in [0.3, 0.4) is 0 Å². The first-order valence-electron chi connectivity index (χ1n) is 5.82. The molecule has 0 saturated heterocycles. The fourth-order valence-electron chi connectivity index (χ4n) is 1.38. The molecule has 1 aromatic rings. The van der Waals surface area contributed by atoms with E-state index in [0.717, 1.165) is 11.8 Å². The molecule has 8 heteroatoms. The summed E-state index contributed by atoms with van der Waals surface area (Å²) in [5, 5.41) is 2.69. The van der Waals surface area contributed by atoms with Crippen molar-refractivity contribution >= 4 is 39.7 Å². The molecule has 20 heavy (non-hydrogen) atoms. The van der Waals surface area contributed by atoms with Crippen LogP contribution < -0.4 is 15.8 Å². The highest BCUT2D eigenvalue weighted by Crippen LogP contribution is 2.21. The largest absolute Gasteiger partial charge is 0.330 e. The number of hydrogen-bond donors (Lipinski definition) is 3. The minimum Gasteiger partial charge on any atom is -0.330 e. The van der Waals surface area contributed by atoms with Gasteiger partial charge in [0.05, 0.1) is 11.9 Å². The molecule has 0 radical (unpaired) electrons. The Morgan fingerprint density at radius 1 is 1.40 bits per heavy atom. The van der Waals surface area contributed by atoms with Crippen molar-refractivity contribution in [3.8, 4) is 0 Å². The van der Waals surface area contributed by atoms with E-state index < -0.39 is 10.0 Å². The third kappa shape index (κ3) is 5.77. The van der Waals surface area contributed by atoms with Crippen LogP contribution in [0.2, 0.25) is 0 Å². The second-order valence-corrected chi connectivity index (χ2v) is 6.28. The molecule has 0 saturated carbocycles. The number of amides is 1. The SMILES string of the molecule is Cc1ccc(NC(=O)C(C)CN)cc1NS(C)(=O)=O.Cl. The fourth-order valence-corrected chi connectivity index (χ4v) is 2.00. The predicted octanol–water partition coefficient (Wildman–Crippen LogP) is 1.32. The van der Waals surface area contributed by atoms with Crippen LogP contribution in [0.15, 0.2) is 18.2 Å². The number of hydrogen-bond acceptors (Lipinski definition) is 4. The van der Waals surface area contributed by atoms with Crippen LogP contribution in [-0.4, -0.2) is 27.1 Å². The van der Waals surface area contributed by atoms with Crippen LogP contribution >= 0.6 is 12.4 Å². The lowest BCUT2D eigenvalue weighted by Crippen LogP contribution is -2.26. The zero-order chi connectivity index (χ0) is 14.6. The Hall–Kier alpha value is -1.31. The smallest absolute Gasteiger partial charge is 0.229 e. The van der Waals surface area contributed by atoms with E-state index in [9.17, 15) is 13.2 Å². The van der Waals surface area contributed by atoms with Crippen LogP contribution in [0.5, 0.6) is 0 Å². The third-order valence-electron chi connectivity index (χ3n) is 2.60. The van der Waals surface area contributed by atoms with Crippen molar-refractivity contribution in [3.63, 3.8) is 0 Å². The quantitative estimate of drug-likeness (QED) is 0.761. The van der Waals surface area contributed by atoms with Crippen molar-refractivity contribution in [2.75, 3.05) is 22.8 Å². The Labute approximate surface area is 125 Å². The Kier molecular flexibility index (Phi) is 6.98. The van der Waals surface area contributed by atoms with E-state index in [1.165, 1.54) is 0 Å². The van der Waals surface area contributed by atoms with Crippen LogP contribution in [0.1, 0.15) is 12.5 Å². The number of carbonyl (C=O) groups is 1. The Bertz CT molecular complexity index is 575. The van der Waals surface area contributed by atoms with Gasteiger partial charge in [-0.05, 0) is 24.6 Å². The lowest BCUT2D eigenvalue weighted by atomic mass is 10.1. The van der Waals surface area contributed by atoms with E-state index in [1.807, 2.05) is 0 Å². The first-order chi connectivity index (χ1) is 8.73. The number of nitrogens with one attached hydrogen (secondary N) is 2. The molecular formula is C12H20ClN3O3S. The number of nitrogens with two attached hydrogens (primary N) is 1. The molecule has 1 atom stereocenters. The Morgan fingerprint density at radius 2 is 2.00 bits per heavy atom. The van der Waals surface area contributed by atoms with Gasteiger partial charge in [-0.3, -0.25) is 9.52 Å². The van der Waals surface area contributed by atoms with E-state index >= 15 is 0 Å². The molecular weight excluding hydrogens is 302 g/mol. The summed E-state index contributed by atoms with van der Waals surface area (Å²) < 4.78 is 24.9. The Morgan fingerprint density at radius 3 is 2.50 bits per heavy atom. The summed E-state index contributed by atoms with van der Waals surface area (Å²) in [6.45, 7) is 3.76. The molecule has 1 rings (SSSR count). The van der Waals surface area contributed by atoms with Crippen molar-refractivity contribution in [1.82, 2.24) is 0 Å². The lowest BCUT2D eigenvalue weighted by Gasteiger charge is -2.13. The van der Waals surface area contributed by atoms with Crippen molar-refractivity contribution in [2.24, 2.45) is 11.7 Å². The summed E-state index contributed by atoms with van der Waals surface area (Å²) in [5.41, 5.74) is 7.16. The molecule has 0 bridgehead atoms. The second kappa shape index (κ2) is 7.47. The number of aryl methyl sites for hydroxylation is 1. The number of sulfonamides is 1. The highest BCUT2D eigenvalue weighted by atomic mass is 35.5. The van der Waals surface area contributed by atoms with Crippen LogP contribution in [0.4, 0.5) is 11.4 Å². The number of rotatable bonds is 5. The molecule has 1 aromatic carbocycles. The molecule has 1 amide bonds. The molecule has 6 nitrogen and oxygen atoms in total. The summed E-state index contributed by atoms with van der Waals surface area (Å²) in [5.74, 6) is -0.496. The monoisotopic (exact) mass is 321 g/mol.